The third-order valence-electron chi connectivity index (χ3n) is 3.09. The van der Waals surface area contributed by atoms with Crippen LogP contribution < -0.4 is 10.6 Å². The van der Waals surface area contributed by atoms with Crippen molar-refractivity contribution >= 4 is 11.3 Å². The van der Waals surface area contributed by atoms with Crippen molar-refractivity contribution in [2.75, 3.05) is 13.1 Å². The van der Waals surface area contributed by atoms with Crippen LogP contribution in [0.1, 0.15) is 37.3 Å². The number of rotatable bonds is 6. The van der Waals surface area contributed by atoms with Crippen LogP contribution in [0.2, 0.25) is 0 Å². The minimum absolute atomic E-state index is 0.173. The third-order valence-corrected chi connectivity index (χ3v) is 4.03. The summed E-state index contributed by atoms with van der Waals surface area (Å²) >= 11 is 1.81. The molecule has 0 fully saturated rings. The van der Waals surface area contributed by atoms with Crippen molar-refractivity contribution in [1.29, 1.82) is 0 Å². The van der Waals surface area contributed by atoms with Gasteiger partial charge in [0.05, 0.1) is 6.04 Å². The Hall–Kier alpha value is -1.16. The first-order chi connectivity index (χ1) is 9.56. The molecule has 1 heterocycles. The fourth-order valence-corrected chi connectivity index (χ4v) is 2.96. The second kappa shape index (κ2) is 7.02. The SMILES string of the molecule is CC(C)(C)NCCNC(c1ccccc1)c1cccs1. The highest BCUT2D eigenvalue weighted by Gasteiger charge is 2.14. The fraction of sp³-hybridized carbons (Fsp3) is 0.412. The number of benzene rings is 1. The molecule has 108 valence electrons. The standard InChI is InChI=1S/C17H24N2S/c1-17(2,3)19-12-11-18-16(15-10-7-13-20-15)14-8-5-4-6-9-14/h4-10,13,16,18-19H,11-12H2,1-3H3. The van der Waals surface area contributed by atoms with Crippen LogP contribution in [0.4, 0.5) is 0 Å². The summed E-state index contributed by atoms with van der Waals surface area (Å²) in [5.41, 5.74) is 1.50. The van der Waals surface area contributed by atoms with Crippen LogP contribution in [0.15, 0.2) is 47.8 Å². The van der Waals surface area contributed by atoms with Gasteiger partial charge in [0.15, 0.2) is 0 Å². The summed E-state index contributed by atoms with van der Waals surface area (Å²) in [6, 6.07) is 15.3. The molecule has 1 aromatic carbocycles. The van der Waals surface area contributed by atoms with Crippen LogP contribution in [0.5, 0.6) is 0 Å². The molecule has 0 radical (unpaired) electrons. The van der Waals surface area contributed by atoms with Gasteiger partial charge in [0.1, 0.15) is 0 Å². The highest BCUT2D eigenvalue weighted by molar-refractivity contribution is 7.10. The van der Waals surface area contributed by atoms with Gasteiger partial charge in [0, 0.05) is 23.5 Å². The molecular weight excluding hydrogens is 264 g/mol. The van der Waals surface area contributed by atoms with Crippen molar-refractivity contribution in [3.63, 3.8) is 0 Å². The molecule has 3 heteroatoms. The number of thiophene rings is 1. The van der Waals surface area contributed by atoms with Crippen molar-refractivity contribution < 1.29 is 0 Å². The van der Waals surface area contributed by atoms with Gasteiger partial charge >= 0.3 is 0 Å². The highest BCUT2D eigenvalue weighted by atomic mass is 32.1. The molecule has 20 heavy (non-hydrogen) atoms. The predicted octanol–water partition coefficient (Wildman–Crippen LogP) is 3.82. The lowest BCUT2D eigenvalue weighted by Crippen LogP contribution is -2.40. The Labute approximate surface area is 126 Å². The van der Waals surface area contributed by atoms with E-state index in [0.717, 1.165) is 13.1 Å². The van der Waals surface area contributed by atoms with Gasteiger partial charge in [-0.05, 0) is 37.8 Å². The zero-order valence-corrected chi connectivity index (χ0v) is 13.3. The molecule has 1 unspecified atom stereocenters. The van der Waals surface area contributed by atoms with Crippen LogP contribution in [-0.4, -0.2) is 18.6 Å². The smallest absolute Gasteiger partial charge is 0.0671 e. The highest BCUT2D eigenvalue weighted by Crippen LogP contribution is 2.25. The Morgan fingerprint density at radius 3 is 2.35 bits per heavy atom. The van der Waals surface area contributed by atoms with Gasteiger partial charge in [0.2, 0.25) is 0 Å². The molecule has 0 aliphatic carbocycles. The van der Waals surface area contributed by atoms with Crippen molar-refractivity contribution in [3.8, 4) is 0 Å². The normalized spacial score (nSPS) is 13.3. The summed E-state index contributed by atoms with van der Waals surface area (Å²) < 4.78 is 0. The fourth-order valence-electron chi connectivity index (χ4n) is 2.14. The summed E-state index contributed by atoms with van der Waals surface area (Å²) in [6.45, 7) is 8.51. The molecule has 0 aliphatic heterocycles. The zero-order valence-electron chi connectivity index (χ0n) is 12.5. The van der Waals surface area contributed by atoms with E-state index in [4.69, 9.17) is 0 Å². The molecule has 2 aromatic rings. The number of hydrogen-bond donors (Lipinski definition) is 2. The molecule has 2 nitrogen and oxygen atoms in total. The summed E-state index contributed by atoms with van der Waals surface area (Å²) in [6.07, 6.45) is 0. The second-order valence-electron chi connectivity index (χ2n) is 5.99. The monoisotopic (exact) mass is 288 g/mol. The third kappa shape index (κ3) is 4.75. The largest absolute Gasteiger partial charge is 0.311 e. The van der Waals surface area contributed by atoms with E-state index in [1.807, 2.05) is 0 Å². The van der Waals surface area contributed by atoms with E-state index >= 15 is 0 Å². The van der Waals surface area contributed by atoms with E-state index in [1.54, 1.807) is 11.3 Å². The molecule has 2 N–H and O–H groups in total. The number of nitrogens with one attached hydrogen (secondary N) is 2. The van der Waals surface area contributed by atoms with Gasteiger partial charge in [-0.3, -0.25) is 0 Å². The van der Waals surface area contributed by atoms with Crippen LogP contribution in [0, 0.1) is 0 Å². The quantitative estimate of drug-likeness (QED) is 0.790. The van der Waals surface area contributed by atoms with E-state index in [-0.39, 0.29) is 11.6 Å². The van der Waals surface area contributed by atoms with E-state index in [0.29, 0.717) is 0 Å². The van der Waals surface area contributed by atoms with E-state index in [9.17, 15) is 0 Å². The molecule has 1 atom stereocenters. The minimum atomic E-state index is 0.173. The molecule has 0 saturated heterocycles. The van der Waals surface area contributed by atoms with E-state index < -0.39 is 0 Å². The Morgan fingerprint density at radius 1 is 1.00 bits per heavy atom. The maximum Gasteiger partial charge on any atom is 0.0671 e. The van der Waals surface area contributed by atoms with Crippen molar-refractivity contribution in [3.05, 3.63) is 58.3 Å². The molecular formula is C17H24N2S. The lowest BCUT2D eigenvalue weighted by atomic mass is 10.1. The maximum absolute atomic E-state index is 3.66. The van der Waals surface area contributed by atoms with Crippen molar-refractivity contribution in [2.24, 2.45) is 0 Å². The predicted molar refractivity (Wildman–Crippen MR) is 88.4 cm³/mol. The first kappa shape index (κ1) is 15.2. The lowest BCUT2D eigenvalue weighted by Gasteiger charge is -2.23. The Balaban J connectivity index is 1.98. The Morgan fingerprint density at radius 2 is 1.75 bits per heavy atom. The summed E-state index contributed by atoms with van der Waals surface area (Å²) in [5.74, 6) is 0. The van der Waals surface area contributed by atoms with Crippen LogP contribution >= 0.6 is 11.3 Å². The second-order valence-corrected chi connectivity index (χ2v) is 6.97. The van der Waals surface area contributed by atoms with Gasteiger partial charge in [-0.1, -0.05) is 36.4 Å². The molecule has 1 aromatic heterocycles. The van der Waals surface area contributed by atoms with Gasteiger partial charge in [0.25, 0.3) is 0 Å². The summed E-state index contributed by atoms with van der Waals surface area (Å²) in [5, 5.41) is 9.31. The van der Waals surface area contributed by atoms with E-state index in [2.05, 4.69) is 79.2 Å². The molecule has 2 rings (SSSR count). The van der Waals surface area contributed by atoms with Crippen LogP contribution in [-0.2, 0) is 0 Å². The molecule has 0 aliphatic rings. The molecule has 0 bridgehead atoms. The topological polar surface area (TPSA) is 24.1 Å². The molecule has 0 amide bonds. The zero-order chi connectivity index (χ0) is 14.4. The summed E-state index contributed by atoms with van der Waals surface area (Å²) in [7, 11) is 0. The first-order valence-electron chi connectivity index (χ1n) is 7.13. The molecule has 0 spiro atoms. The maximum atomic E-state index is 3.66. The van der Waals surface area contributed by atoms with Gasteiger partial charge in [-0.2, -0.15) is 0 Å². The van der Waals surface area contributed by atoms with E-state index in [1.165, 1.54) is 10.4 Å². The minimum Gasteiger partial charge on any atom is -0.311 e. The number of hydrogen-bond acceptors (Lipinski definition) is 3. The van der Waals surface area contributed by atoms with Gasteiger partial charge in [-0.25, -0.2) is 0 Å². The van der Waals surface area contributed by atoms with Crippen molar-refractivity contribution in [1.82, 2.24) is 10.6 Å². The van der Waals surface area contributed by atoms with Crippen LogP contribution in [0.25, 0.3) is 0 Å². The van der Waals surface area contributed by atoms with Crippen LogP contribution in [0.3, 0.4) is 0 Å². The first-order valence-corrected chi connectivity index (χ1v) is 8.01. The Kier molecular flexibility index (Phi) is 5.35. The average molecular weight is 288 g/mol. The van der Waals surface area contributed by atoms with Crippen molar-refractivity contribution in [2.45, 2.75) is 32.4 Å². The summed E-state index contributed by atoms with van der Waals surface area (Å²) in [4.78, 5) is 1.37. The molecule has 0 saturated carbocycles. The Bertz CT molecular complexity index is 485. The lowest BCUT2D eigenvalue weighted by molar-refractivity contribution is 0.417. The average Bonchev–Trinajstić information content (AvgIpc) is 2.92. The van der Waals surface area contributed by atoms with Gasteiger partial charge in [-0.15, -0.1) is 11.3 Å². The van der Waals surface area contributed by atoms with Gasteiger partial charge < -0.3 is 10.6 Å².